The van der Waals surface area contributed by atoms with Gasteiger partial charge in [0.05, 0.1) is 68.0 Å². The lowest BCUT2D eigenvalue weighted by atomic mass is 9.82. The van der Waals surface area contributed by atoms with Gasteiger partial charge in [0.1, 0.15) is 30.3 Å². The minimum absolute atomic E-state index is 0.133. The number of carbonyl (C=O) groups excluding carboxylic acids is 1. The number of esters is 1. The van der Waals surface area contributed by atoms with Crippen molar-refractivity contribution in [3.63, 3.8) is 0 Å². The fraction of sp³-hybridized carbons (Fsp3) is 0.660. The van der Waals surface area contributed by atoms with Crippen molar-refractivity contribution < 1.29 is 94.2 Å². The molecule has 0 aromatic rings. The first-order valence-electron chi connectivity index (χ1n) is 22.3. The fourth-order valence-electron chi connectivity index (χ4n) is 7.94. The Morgan fingerprint density at radius 1 is 0.712 bits per heavy atom. The molecule has 0 amide bonds. The van der Waals surface area contributed by atoms with Gasteiger partial charge in [-0.05, 0) is 26.2 Å². The van der Waals surface area contributed by atoms with Crippen molar-refractivity contribution in [1.29, 1.82) is 0 Å². The summed E-state index contributed by atoms with van der Waals surface area (Å²) in [6, 6.07) is 0. The summed E-state index contributed by atoms with van der Waals surface area (Å²) >= 11 is 0. The molecule has 3 rings (SSSR count). The number of ether oxygens (including phenoxy) is 4. The van der Waals surface area contributed by atoms with Crippen LogP contribution in [0.5, 0.6) is 0 Å². The molecule has 0 aliphatic carbocycles. The zero-order valence-corrected chi connectivity index (χ0v) is 37.5. The Hall–Kier alpha value is -3.51. The smallest absolute Gasteiger partial charge is 0.311 e. The molecule has 2 fully saturated rings. The molecule has 0 saturated carbocycles. The minimum atomic E-state index is -2.40. The van der Waals surface area contributed by atoms with Gasteiger partial charge in [-0.1, -0.05) is 98.9 Å². The van der Waals surface area contributed by atoms with E-state index in [1.54, 1.807) is 86.8 Å². The van der Waals surface area contributed by atoms with Crippen LogP contribution in [0.3, 0.4) is 0 Å². The monoisotopic (exact) mass is 942 g/mol. The van der Waals surface area contributed by atoms with E-state index in [-0.39, 0.29) is 25.2 Å². The molecule has 13 unspecified atom stereocenters. The third kappa shape index (κ3) is 18.5. The number of hydrogen-bond donors (Lipinski definition) is 12. The number of halogens is 1. The number of aliphatic hydroxyl groups is 11. The molecule has 2 bridgehead atoms. The predicted molar refractivity (Wildman–Crippen MR) is 235 cm³/mol. The van der Waals surface area contributed by atoms with Crippen LogP contribution in [0.4, 0.5) is 4.39 Å². The van der Waals surface area contributed by atoms with E-state index in [1.807, 2.05) is 6.92 Å². The Balaban J connectivity index is 1.87. The van der Waals surface area contributed by atoms with Crippen molar-refractivity contribution in [3.05, 3.63) is 85.1 Å². The van der Waals surface area contributed by atoms with Crippen molar-refractivity contribution in [2.45, 2.75) is 170 Å². The van der Waals surface area contributed by atoms with E-state index in [0.29, 0.717) is 0 Å². The van der Waals surface area contributed by atoms with Crippen LogP contribution in [0.1, 0.15) is 72.1 Å². The molecule has 3 aliphatic rings. The summed E-state index contributed by atoms with van der Waals surface area (Å²) in [5.41, 5.74) is 0. The molecular formula is C47H71FO18. The number of carboxylic acids is 1. The van der Waals surface area contributed by atoms with E-state index in [2.05, 4.69) is 0 Å². The van der Waals surface area contributed by atoms with Crippen molar-refractivity contribution in [2.24, 2.45) is 17.8 Å². The highest BCUT2D eigenvalue weighted by molar-refractivity contribution is 5.71. The summed E-state index contributed by atoms with van der Waals surface area (Å²) in [5.74, 6) is -7.11. The number of allylic oxidation sites excluding steroid dienone is 12. The molecule has 19 atom stereocenters. The molecular weight excluding hydrogens is 871 g/mol. The highest BCUT2D eigenvalue weighted by atomic mass is 19.1. The number of hydrogen-bond acceptors (Lipinski definition) is 17. The first-order chi connectivity index (χ1) is 31.2. The van der Waals surface area contributed by atoms with Crippen LogP contribution in [0.25, 0.3) is 0 Å². The van der Waals surface area contributed by atoms with E-state index in [0.717, 1.165) is 0 Å². The predicted octanol–water partition coefficient (Wildman–Crippen LogP) is 0.695. The molecule has 0 radical (unpaired) electrons. The van der Waals surface area contributed by atoms with Crippen molar-refractivity contribution in [2.75, 3.05) is 6.61 Å². The number of carbonyl (C=O) groups is 2. The summed E-state index contributed by atoms with van der Waals surface area (Å²) in [5, 5.41) is 127. The first-order valence-corrected chi connectivity index (χ1v) is 22.3. The highest BCUT2D eigenvalue weighted by Gasteiger charge is 2.51. The second-order valence-electron chi connectivity index (χ2n) is 17.5. The zero-order valence-electron chi connectivity index (χ0n) is 37.5. The molecule has 2 saturated heterocycles. The topological polar surface area (TPSA) is 314 Å². The van der Waals surface area contributed by atoms with Gasteiger partial charge in [-0.15, -0.1) is 0 Å². The molecule has 374 valence electrons. The molecule has 0 aromatic heterocycles. The Morgan fingerprint density at radius 3 is 1.86 bits per heavy atom. The van der Waals surface area contributed by atoms with E-state index in [1.165, 1.54) is 12.2 Å². The normalized spacial score (nSPS) is 45.0. The van der Waals surface area contributed by atoms with Gasteiger partial charge in [-0.2, -0.15) is 0 Å². The van der Waals surface area contributed by atoms with Crippen LogP contribution < -0.4 is 0 Å². The first kappa shape index (κ1) is 56.8. The number of aliphatic carboxylic acids is 1. The van der Waals surface area contributed by atoms with Crippen LogP contribution in [-0.2, 0) is 28.5 Å². The van der Waals surface area contributed by atoms with Crippen LogP contribution >= 0.6 is 0 Å². The third-order valence-electron chi connectivity index (χ3n) is 11.9. The SMILES string of the molecule is C[C@@H]1[C@H](O)[C@@H](C)/C=C/C=C/C=C/C=C/C=C/C=C/C=C/C(OC2OC(CO)C(O)C(F)C2O)C[C@@H]2OC(O)(CC(O)CC(O)C(O)CCC(O)CC(O)CC(=O)O[C@H]1C)C[C@H](O)C2C(=O)O. The number of carboxylic acid groups (broad SMARTS) is 1. The standard InChI is InChI=1S/C47H71FO18/c1-27-16-14-12-10-8-6-4-5-7-9-11-13-15-17-33(64-46-44(59)41(48)43(58)38(26-49)65-46)23-37-40(45(60)61)36(55)25-47(62,66-37)24-32(52)21-35(54)34(53)19-18-30(50)20-31(51)22-39(56)63-29(3)28(2)42(27)57/h4-17,27-38,40-44,46,49-55,57-59,62H,18-26H2,1-3H3,(H,60,61)/b5-4+,8-6+,9-7+,12-10+,13-11+,16-14+,17-15+/t27-,28-,29-,30?,31?,32?,33?,34?,35?,36-,37-,38?,40?,41?,42+,43?,44?,46?,47?/m0/s1. The van der Waals surface area contributed by atoms with Gasteiger partial charge in [0, 0.05) is 37.5 Å². The zero-order chi connectivity index (χ0) is 49.1. The maximum absolute atomic E-state index is 14.9. The number of aliphatic hydroxyl groups excluding tert-OH is 10. The van der Waals surface area contributed by atoms with Gasteiger partial charge in [-0.3, -0.25) is 9.59 Å². The van der Waals surface area contributed by atoms with Gasteiger partial charge in [0.2, 0.25) is 0 Å². The summed E-state index contributed by atoms with van der Waals surface area (Å²) in [7, 11) is 0. The average molecular weight is 943 g/mol. The molecule has 66 heavy (non-hydrogen) atoms. The van der Waals surface area contributed by atoms with E-state index < -0.39 is 160 Å². The van der Waals surface area contributed by atoms with Gasteiger partial charge >= 0.3 is 11.9 Å². The maximum Gasteiger partial charge on any atom is 0.311 e. The van der Waals surface area contributed by atoms with Crippen LogP contribution in [-0.4, -0.2) is 177 Å². The highest BCUT2D eigenvalue weighted by Crippen LogP contribution is 2.38. The summed E-state index contributed by atoms with van der Waals surface area (Å²) in [6.45, 7) is 4.34. The molecule has 3 heterocycles. The third-order valence-corrected chi connectivity index (χ3v) is 11.9. The number of alkyl halides is 1. The molecule has 19 heteroatoms. The van der Waals surface area contributed by atoms with Crippen LogP contribution in [0.15, 0.2) is 85.1 Å². The molecule has 3 aliphatic heterocycles. The van der Waals surface area contributed by atoms with E-state index in [4.69, 9.17) is 18.9 Å². The molecule has 0 spiro atoms. The van der Waals surface area contributed by atoms with Crippen molar-refractivity contribution >= 4 is 11.9 Å². The second kappa shape index (κ2) is 28.1. The van der Waals surface area contributed by atoms with Gasteiger partial charge in [0.25, 0.3) is 0 Å². The van der Waals surface area contributed by atoms with Gasteiger partial charge in [-0.25, -0.2) is 4.39 Å². The van der Waals surface area contributed by atoms with Crippen molar-refractivity contribution in [1.82, 2.24) is 0 Å². The van der Waals surface area contributed by atoms with E-state index >= 15 is 0 Å². The summed E-state index contributed by atoms with van der Waals surface area (Å²) < 4.78 is 37.5. The summed E-state index contributed by atoms with van der Waals surface area (Å²) in [4.78, 5) is 25.1. The molecule has 18 nitrogen and oxygen atoms in total. The Labute approximate surface area is 384 Å². The Kier molecular flexibility index (Phi) is 24.2. The van der Waals surface area contributed by atoms with Crippen molar-refractivity contribution in [3.8, 4) is 0 Å². The molecule has 0 aromatic carbocycles. The van der Waals surface area contributed by atoms with Crippen LogP contribution in [0, 0.1) is 17.8 Å². The molecule has 12 N–H and O–H groups in total. The number of fused-ring (bicyclic) bond motifs is 2. The Morgan fingerprint density at radius 2 is 1.29 bits per heavy atom. The van der Waals surface area contributed by atoms with Crippen LogP contribution in [0.2, 0.25) is 0 Å². The van der Waals surface area contributed by atoms with E-state index in [9.17, 15) is 75.3 Å². The quantitative estimate of drug-likeness (QED) is 0.173. The second-order valence-corrected chi connectivity index (χ2v) is 17.5. The Bertz CT molecular complexity index is 1680. The van der Waals surface area contributed by atoms with Gasteiger partial charge < -0.3 is 80.2 Å². The lowest BCUT2D eigenvalue weighted by Gasteiger charge is -2.45. The lowest BCUT2D eigenvalue weighted by molar-refractivity contribution is -0.314. The fourth-order valence-corrected chi connectivity index (χ4v) is 7.94. The minimum Gasteiger partial charge on any atom is -0.481 e. The maximum atomic E-state index is 14.9. The number of rotatable bonds is 4. The average Bonchev–Trinajstić information content (AvgIpc) is 3.23. The number of cyclic esters (lactones) is 1. The van der Waals surface area contributed by atoms with Gasteiger partial charge in [0.15, 0.2) is 18.2 Å². The lowest BCUT2D eigenvalue weighted by Crippen LogP contribution is -2.59. The summed E-state index contributed by atoms with van der Waals surface area (Å²) in [6.07, 6.45) is -2.82. The largest absolute Gasteiger partial charge is 0.481 e.